The third kappa shape index (κ3) is 3.09. The summed E-state index contributed by atoms with van der Waals surface area (Å²) in [4.78, 5) is 30.6. The molecule has 1 aliphatic heterocycles. The SMILES string of the molecule is CC1(C)CN(C(=O)OCc2ccccc2)c2cc3c4c([nH]c3cc21)C(=O)CCCC4. The lowest BCUT2D eigenvalue weighted by atomic mass is 9.86. The number of anilines is 1. The van der Waals surface area contributed by atoms with Crippen molar-refractivity contribution in [1.82, 2.24) is 4.98 Å². The van der Waals surface area contributed by atoms with Crippen molar-refractivity contribution in [3.05, 3.63) is 64.8 Å². The van der Waals surface area contributed by atoms with Gasteiger partial charge in [-0.25, -0.2) is 4.79 Å². The second-order valence-corrected chi connectivity index (χ2v) is 9.03. The summed E-state index contributed by atoms with van der Waals surface area (Å²) >= 11 is 0. The molecule has 0 radical (unpaired) electrons. The number of fused-ring (bicyclic) bond motifs is 4. The highest BCUT2D eigenvalue weighted by Gasteiger charge is 2.39. The number of rotatable bonds is 2. The van der Waals surface area contributed by atoms with Crippen molar-refractivity contribution in [3.8, 4) is 0 Å². The highest BCUT2D eigenvalue weighted by molar-refractivity contribution is 6.05. The average molecular weight is 402 g/mol. The number of hydrogen-bond donors (Lipinski definition) is 1. The minimum Gasteiger partial charge on any atom is -0.444 e. The van der Waals surface area contributed by atoms with Crippen molar-refractivity contribution >= 4 is 28.5 Å². The summed E-state index contributed by atoms with van der Waals surface area (Å²) in [7, 11) is 0. The van der Waals surface area contributed by atoms with Crippen molar-refractivity contribution in [2.24, 2.45) is 0 Å². The van der Waals surface area contributed by atoms with E-state index in [1.54, 1.807) is 4.90 Å². The Morgan fingerprint density at radius 3 is 2.70 bits per heavy atom. The number of carbonyl (C=O) groups is 2. The van der Waals surface area contributed by atoms with Crippen LogP contribution in [-0.4, -0.2) is 23.4 Å². The highest BCUT2D eigenvalue weighted by atomic mass is 16.6. The number of Topliss-reactive ketones (excluding diaryl/α,β-unsaturated/α-hetero) is 1. The van der Waals surface area contributed by atoms with E-state index in [1.165, 1.54) is 0 Å². The summed E-state index contributed by atoms with van der Waals surface area (Å²) in [6.07, 6.45) is 3.10. The van der Waals surface area contributed by atoms with Gasteiger partial charge in [0.15, 0.2) is 5.78 Å². The van der Waals surface area contributed by atoms with E-state index in [4.69, 9.17) is 4.74 Å². The van der Waals surface area contributed by atoms with E-state index in [9.17, 15) is 9.59 Å². The van der Waals surface area contributed by atoms with Gasteiger partial charge in [0.2, 0.25) is 0 Å². The van der Waals surface area contributed by atoms with Gasteiger partial charge in [-0.15, -0.1) is 0 Å². The van der Waals surface area contributed by atoms with Gasteiger partial charge in [0.05, 0.1) is 11.4 Å². The molecule has 1 aliphatic carbocycles. The number of benzene rings is 2. The average Bonchev–Trinajstić information content (AvgIpc) is 3.16. The third-order valence-electron chi connectivity index (χ3n) is 6.38. The molecule has 0 atom stereocenters. The monoisotopic (exact) mass is 402 g/mol. The number of carbonyl (C=O) groups excluding carboxylic acids is 2. The molecule has 0 spiro atoms. The first-order valence-corrected chi connectivity index (χ1v) is 10.6. The van der Waals surface area contributed by atoms with Gasteiger partial charge < -0.3 is 9.72 Å². The molecule has 2 aliphatic rings. The van der Waals surface area contributed by atoms with Gasteiger partial charge in [0.1, 0.15) is 6.61 Å². The normalized spacial score (nSPS) is 17.5. The molecule has 3 aromatic rings. The van der Waals surface area contributed by atoms with Crippen LogP contribution in [0.1, 0.15) is 60.3 Å². The molecule has 0 fully saturated rings. The maximum Gasteiger partial charge on any atom is 0.414 e. The Morgan fingerprint density at radius 2 is 1.90 bits per heavy atom. The van der Waals surface area contributed by atoms with E-state index in [0.717, 1.165) is 58.2 Å². The molecule has 5 heteroatoms. The van der Waals surface area contributed by atoms with E-state index in [1.807, 2.05) is 30.3 Å². The van der Waals surface area contributed by atoms with Crippen molar-refractivity contribution < 1.29 is 14.3 Å². The van der Waals surface area contributed by atoms with Gasteiger partial charge >= 0.3 is 6.09 Å². The fraction of sp³-hybridized carbons (Fsp3) is 0.360. The molecule has 0 unspecified atom stereocenters. The molecule has 0 saturated carbocycles. The van der Waals surface area contributed by atoms with Crippen molar-refractivity contribution in [2.75, 3.05) is 11.4 Å². The number of hydrogen-bond acceptors (Lipinski definition) is 3. The second kappa shape index (κ2) is 7.01. The number of ether oxygens (including phenoxy) is 1. The van der Waals surface area contributed by atoms with Crippen LogP contribution in [-0.2, 0) is 23.2 Å². The molecule has 1 amide bonds. The van der Waals surface area contributed by atoms with E-state index < -0.39 is 0 Å². The predicted octanol–water partition coefficient (Wildman–Crippen LogP) is 5.51. The summed E-state index contributed by atoms with van der Waals surface area (Å²) in [5.41, 5.74) is 5.61. The lowest BCUT2D eigenvalue weighted by Gasteiger charge is -2.20. The fourth-order valence-electron chi connectivity index (χ4n) is 4.79. The molecule has 154 valence electrons. The van der Waals surface area contributed by atoms with Crippen LogP contribution in [0.15, 0.2) is 42.5 Å². The zero-order valence-electron chi connectivity index (χ0n) is 17.5. The number of nitrogens with one attached hydrogen (secondary N) is 1. The first-order chi connectivity index (χ1) is 14.4. The summed E-state index contributed by atoms with van der Waals surface area (Å²) in [5.74, 6) is 0.192. The van der Waals surface area contributed by atoms with E-state index in [-0.39, 0.29) is 23.9 Å². The Labute approximate surface area is 176 Å². The van der Waals surface area contributed by atoms with Gasteiger partial charge in [0.25, 0.3) is 0 Å². The van der Waals surface area contributed by atoms with Gasteiger partial charge in [-0.2, -0.15) is 0 Å². The first-order valence-electron chi connectivity index (χ1n) is 10.6. The van der Waals surface area contributed by atoms with Crippen LogP contribution in [0.3, 0.4) is 0 Å². The third-order valence-corrected chi connectivity index (χ3v) is 6.38. The quantitative estimate of drug-likeness (QED) is 0.575. The molecule has 2 aromatic carbocycles. The van der Waals surface area contributed by atoms with E-state index in [2.05, 4.69) is 31.0 Å². The number of amides is 1. The topological polar surface area (TPSA) is 62.4 Å². The summed E-state index contributed by atoms with van der Waals surface area (Å²) in [5, 5.41) is 1.05. The Bertz CT molecular complexity index is 1140. The Hall–Kier alpha value is -3.08. The van der Waals surface area contributed by atoms with Crippen LogP contribution in [0.5, 0.6) is 0 Å². The van der Waals surface area contributed by atoms with Crippen molar-refractivity contribution in [2.45, 2.75) is 51.6 Å². The molecule has 0 saturated heterocycles. The Morgan fingerprint density at radius 1 is 1.13 bits per heavy atom. The van der Waals surface area contributed by atoms with Crippen LogP contribution in [0.2, 0.25) is 0 Å². The zero-order chi connectivity index (χ0) is 20.9. The Balaban J connectivity index is 1.52. The maximum atomic E-state index is 13.0. The van der Waals surface area contributed by atoms with E-state index in [0.29, 0.717) is 13.0 Å². The van der Waals surface area contributed by atoms with Crippen LogP contribution in [0.4, 0.5) is 10.5 Å². The molecule has 30 heavy (non-hydrogen) atoms. The number of nitrogens with zero attached hydrogens (tertiary/aromatic N) is 1. The van der Waals surface area contributed by atoms with E-state index >= 15 is 0 Å². The molecule has 2 heterocycles. The van der Waals surface area contributed by atoms with Gasteiger partial charge in [-0.3, -0.25) is 9.69 Å². The largest absolute Gasteiger partial charge is 0.444 e. The maximum absolute atomic E-state index is 13.0. The Kier molecular flexibility index (Phi) is 4.42. The highest BCUT2D eigenvalue weighted by Crippen LogP contribution is 2.44. The predicted molar refractivity (Wildman–Crippen MR) is 117 cm³/mol. The lowest BCUT2D eigenvalue weighted by molar-refractivity contribution is 0.0978. The zero-order valence-corrected chi connectivity index (χ0v) is 17.5. The van der Waals surface area contributed by atoms with Crippen molar-refractivity contribution in [1.29, 1.82) is 0 Å². The van der Waals surface area contributed by atoms with Gasteiger partial charge in [-0.1, -0.05) is 44.2 Å². The minimum atomic E-state index is -0.331. The summed E-state index contributed by atoms with van der Waals surface area (Å²) < 4.78 is 5.63. The van der Waals surface area contributed by atoms with Gasteiger partial charge in [0, 0.05) is 29.3 Å². The molecular weight excluding hydrogens is 376 g/mol. The van der Waals surface area contributed by atoms with Crippen LogP contribution >= 0.6 is 0 Å². The number of ketones is 1. The summed E-state index contributed by atoms with van der Waals surface area (Å²) in [6.45, 7) is 5.11. The second-order valence-electron chi connectivity index (χ2n) is 9.03. The van der Waals surface area contributed by atoms with Crippen molar-refractivity contribution in [3.63, 3.8) is 0 Å². The number of H-pyrrole nitrogens is 1. The first kappa shape index (κ1) is 18.9. The van der Waals surface area contributed by atoms with Crippen LogP contribution in [0, 0.1) is 0 Å². The molecule has 5 nitrogen and oxygen atoms in total. The lowest BCUT2D eigenvalue weighted by Crippen LogP contribution is -2.34. The minimum absolute atomic E-state index is 0.192. The standard InChI is InChI=1S/C25H26N2O3/c1-25(2)15-27(24(29)30-14-16-8-4-3-5-9-16)21-12-18-17-10-6-7-11-22(28)23(17)26-20(18)13-19(21)25/h3-5,8-9,12-13,26H,6-7,10-11,14-15H2,1-2H3. The fourth-order valence-corrected chi connectivity index (χ4v) is 4.79. The smallest absolute Gasteiger partial charge is 0.414 e. The molecule has 1 aromatic heterocycles. The molecule has 5 rings (SSSR count). The number of aromatic nitrogens is 1. The molecule has 0 bridgehead atoms. The number of aromatic amines is 1. The van der Waals surface area contributed by atoms with Crippen LogP contribution in [0.25, 0.3) is 10.9 Å². The van der Waals surface area contributed by atoms with Gasteiger partial charge in [-0.05, 0) is 48.1 Å². The van der Waals surface area contributed by atoms with Crippen LogP contribution < -0.4 is 4.90 Å². The summed E-state index contributed by atoms with van der Waals surface area (Å²) in [6, 6.07) is 13.9. The number of aryl methyl sites for hydroxylation is 1. The molecule has 1 N–H and O–H groups in total. The molecular formula is C25H26N2O3.